The molecule has 0 spiro atoms. The van der Waals surface area contributed by atoms with Gasteiger partial charge in [0, 0.05) is 12.7 Å². The van der Waals surface area contributed by atoms with Gasteiger partial charge in [-0.05, 0) is 48.4 Å². The Morgan fingerprint density at radius 2 is 1.84 bits per heavy atom. The lowest BCUT2D eigenvalue weighted by atomic mass is 9.76. The number of aryl methyl sites for hydroxylation is 1. The number of likely N-dealkylation sites (N-methyl/N-ethyl adjacent to an activating group) is 2. The molecule has 0 radical (unpaired) electrons. The van der Waals surface area contributed by atoms with Crippen LogP contribution in [0.1, 0.15) is 22.7 Å². The Morgan fingerprint density at radius 3 is 2.48 bits per heavy atom. The number of allylic oxidation sites excluding steroid dienone is 2. The van der Waals surface area contributed by atoms with Gasteiger partial charge < -0.3 is 10.2 Å². The summed E-state index contributed by atoms with van der Waals surface area (Å²) in [5, 5.41) is 3.54. The van der Waals surface area contributed by atoms with Crippen molar-refractivity contribution in [3.8, 4) is 0 Å². The standard InChI is InChI=1S/C23H26N2/c1-6-10-20-17(3)19-14-13-16(2)15-21(19)22(24-4)23(20)25(5)18-11-8-7-9-12-18/h6-15,22-24H,1,3H2,2,4-5H3. The number of nitrogens with zero attached hydrogens (tertiary/aromatic N) is 1. The quantitative estimate of drug-likeness (QED) is 0.858. The highest BCUT2D eigenvalue weighted by Gasteiger charge is 2.36. The highest BCUT2D eigenvalue weighted by Crippen LogP contribution is 2.43. The third-order valence-electron chi connectivity index (χ3n) is 5.04. The molecule has 2 heteroatoms. The van der Waals surface area contributed by atoms with Gasteiger partial charge in [-0.1, -0.05) is 67.3 Å². The van der Waals surface area contributed by atoms with Crippen LogP contribution in [0.4, 0.5) is 5.69 Å². The first-order valence-corrected chi connectivity index (χ1v) is 8.66. The lowest BCUT2D eigenvalue weighted by molar-refractivity contribution is 0.500. The second-order valence-electron chi connectivity index (χ2n) is 6.58. The van der Waals surface area contributed by atoms with Crippen LogP contribution in [0.2, 0.25) is 0 Å². The zero-order valence-electron chi connectivity index (χ0n) is 15.3. The van der Waals surface area contributed by atoms with Gasteiger partial charge in [0.1, 0.15) is 0 Å². The van der Waals surface area contributed by atoms with Crippen molar-refractivity contribution in [3.05, 3.63) is 96.1 Å². The van der Waals surface area contributed by atoms with Gasteiger partial charge in [0.25, 0.3) is 0 Å². The minimum absolute atomic E-state index is 0.146. The summed E-state index contributed by atoms with van der Waals surface area (Å²) in [5.41, 5.74) is 7.26. The molecule has 2 aromatic rings. The van der Waals surface area contributed by atoms with E-state index in [0.717, 1.165) is 5.57 Å². The van der Waals surface area contributed by atoms with Crippen LogP contribution in [0.3, 0.4) is 0 Å². The van der Waals surface area contributed by atoms with E-state index in [1.807, 2.05) is 19.2 Å². The molecule has 25 heavy (non-hydrogen) atoms. The molecule has 0 saturated carbocycles. The van der Waals surface area contributed by atoms with Gasteiger partial charge in [0.05, 0.1) is 12.1 Å². The van der Waals surface area contributed by atoms with Crippen LogP contribution in [0, 0.1) is 6.92 Å². The maximum Gasteiger partial charge on any atom is 0.0740 e. The fraction of sp³-hybridized carbons (Fsp3) is 0.217. The van der Waals surface area contributed by atoms with Crippen molar-refractivity contribution >= 4 is 11.3 Å². The topological polar surface area (TPSA) is 15.3 Å². The second-order valence-corrected chi connectivity index (χ2v) is 6.58. The third-order valence-corrected chi connectivity index (χ3v) is 5.04. The average molecular weight is 330 g/mol. The van der Waals surface area contributed by atoms with Crippen molar-refractivity contribution in [3.63, 3.8) is 0 Å². The number of nitrogens with one attached hydrogen (secondary N) is 1. The lowest BCUT2D eigenvalue weighted by Gasteiger charge is -2.43. The van der Waals surface area contributed by atoms with E-state index >= 15 is 0 Å². The van der Waals surface area contributed by atoms with E-state index in [-0.39, 0.29) is 12.1 Å². The first kappa shape index (κ1) is 17.2. The molecule has 1 N–H and O–H groups in total. The van der Waals surface area contributed by atoms with E-state index in [0.29, 0.717) is 0 Å². The summed E-state index contributed by atoms with van der Waals surface area (Å²) in [5.74, 6) is 0. The molecule has 0 aromatic heterocycles. The van der Waals surface area contributed by atoms with Crippen LogP contribution in [0.15, 0.2) is 79.4 Å². The molecular formula is C23H26N2. The average Bonchev–Trinajstić information content (AvgIpc) is 2.63. The monoisotopic (exact) mass is 330 g/mol. The molecule has 3 rings (SSSR count). The molecule has 2 unspecified atom stereocenters. The van der Waals surface area contributed by atoms with Crippen molar-refractivity contribution in [1.82, 2.24) is 5.32 Å². The molecule has 128 valence electrons. The minimum Gasteiger partial charge on any atom is -0.366 e. The zero-order valence-corrected chi connectivity index (χ0v) is 15.3. The molecule has 0 amide bonds. The minimum atomic E-state index is 0.146. The maximum absolute atomic E-state index is 4.41. The smallest absolute Gasteiger partial charge is 0.0740 e. The lowest BCUT2D eigenvalue weighted by Crippen LogP contribution is -2.46. The predicted molar refractivity (Wildman–Crippen MR) is 109 cm³/mol. The van der Waals surface area contributed by atoms with Crippen molar-refractivity contribution in [1.29, 1.82) is 0 Å². The van der Waals surface area contributed by atoms with Crippen molar-refractivity contribution in [2.45, 2.75) is 19.0 Å². The number of benzene rings is 2. The highest BCUT2D eigenvalue weighted by molar-refractivity contribution is 5.85. The SMILES string of the molecule is C=CC=C1C(=C)c2ccc(C)cc2C(NC)C1N(C)c1ccccc1. The van der Waals surface area contributed by atoms with E-state index in [1.54, 1.807) is 0 Å². The Bertz CT molecular complexity index is 817. The van der Waals surface area contributed by atoms with Crippen LogP contribution < -0.4 is 10.2 Å². The Labute approximate surface area is 151 Å². The van der Waals surface area contributed by atoms with Gasteiger partial charge in [-0.3, -0.25) is 0 Å². The number of hydrogen-bond donors (Lipinski definition) is 1. The zero-order chi connectivity index (χ0) is 18.0. The summed E-state index contributed by atoms with van der Waals surface area (Å²) in [6.45, 7) is 10.5. The Morgan fingerprint density at radius 1 is 1.12 bits per heavy atom. The largest absolute Gasteiger partial charge is 0.366 e. The van der Waals surface area contributed by atoms with Gasteiger partial charge in [0.15, 0.2) is 0 Å². The summed E-state index contributed by atoms with van der Waals surface area (Å²) in [6, 6.07) is 17.4. The summed E-state index contributed by atoms with van der Waals surface area (Å²) >= 11 is 0. The molecule has 0 aliphatic heterocycles. The molecule has 0 fully saturated rings. The van der Waals surface area contributed by atoms with E-state index < -0.39 is 0 Å². The highest BCUT2D eigenvalue weighted by atomic mass is 15.2. The summed E-state index contributed by atoms with van der Waals surface area (Å²) in [7, 11) is 4.18. The summed E-state index contributed by atoms with van der Waals surface area (Å²) < 4.78 is 0. The van der Waals surface area contributed by atoms with Gasteiger partial charge in [-0.2, -0.15) is 0 Å². The van der Waals surface area contributed by atoms with Crippen molar-refractivity contribution < 1.29 is 0 Å². The number of hydrogen-bond acceptors (Lipinski definition) is 2. The van der Waals surface area contributed by atoms with Crippen LogP contribution in [0.5, 0.6) is 0 Å². The van der Waals surface area contributed by atoms with Crippen LogP contribution in [0.25, 0.3) is 5.57 Å². The van der Waals surface area contributed by atoms with E-state index in [9.17, 15) is 0 Å². The fourth-order valence-corrected chi connectivity index (χ4v) is 3.79. The molecule has 1 aliphatic carbocycles. The fourth-order valence-electron chi connectivity index (χ4n) is 3.79. The van der Waals surface area contributed by atoms with Crippen molar-refractivity contribution in [2.75, 3.05) is 19.0 Å². The van der Waals surface area contributed by atoms with Gasteiger partial charge >= 0.3 is 0 Å². The molecule has 2 atom stereocenters. The molecule has 2 aromatic carbocycles. The Kier molecular flexibility index (Phi) is 4.91. The molecule has 0 heterocycles. The van der Waals surface area contributed by atoms with Gasteiger partial charge in [-0.15, -0.1) is 0 Å². The number of rotatable bonds is 4. The Hall–Kier alpha value is -2.58. The van der Waals surface area contributed by atoms with Gasteiger partial charge in [0.2, 0.25) is 0 Å². The van der Waals surface area contributed by atoms with Crippen LogP contribution in [-0.4, -0.2) is 20.1 Å². The summed E-state index contributed by atoms with van der Waals surface area (Å²) in [6.07, 6.45) is 3.96. The maximum atomic E-state index is 4.41. The van der Waals surface area contributed by atoms with E-state index in [4.69, 9.17) is 0 Å². The number of fused-ring (bicyclic) bond motifs is 1. The molecule has 2 nitrogen and oxygen atoms in total. The van der Waals surface area contributed by atoms with E-state index in [1.165, 1.54) is 28.0 Å². The molecule has 0 bridgehead atoms. The predicted octanol–water partition coefficient (Wildman–Crippen LogP) is 4.90. The normalized spacial score (nSPS) is 21.1. The molecule has 1 aliphatic rings. The van der Waals surface area contributed by atoms with Gasteiger partial charge in [-0.25, -0.2) is 0 Å². The summed E-state index contributed by atoms with van der Waals surface area (Å²) in [4.78, 5) is 2.33. The number of anilines is 1. The van der Waals surface area contributed by atoms with E-state index in [2.05, 4.69) is 85.9 Å². The Balaban J connectivity index is 2.18. The first-order chi connectivity index (χ1) is 12.1. The molecule has 0 saturated heterocycles. The third kappa shape index (κ3) is 3.06. The second kappa shape index (κ2) is 7.12. The van der Waals surface area contributed by atoms with Crippen LogP contribution >= 0.6 is 0 Å². The number of para-hydroxylation sites is 1. The van der Waals surface area contributed by atoms with Crippen molar-refractivity contribution in [2.24, 2.45) is 0 Å². The first-order valence-electron chi connectivity index (χ1n) is 8.66. The molecular weight excluding hydrogens is 304 g/mol. The van der Waals surface area contributed by atoms with Crippen LogP contribution in [-0.2, 0) is 0 Å².